The Labute approximate surface area is 128 Å². The molecular formula is C16H16ClNO3. The third-order valence-corrected chi connectivity index (χ3v) is 3.59. The van der Waals surface area contributed by atoms with Gasteiger partial charge in [0, 0.05) is 24.1 Å². The van der Waals surface area contributed by atoms with Crippen LogP contribution in [0.1, 0.15) is 36.0 Å². The maximum Gasteiger partial charge on any atom is 0.182 e. The SMILES string of the molecule is COc1ccccc1C(=O)CCC(=O)C1=C(Cl)CCC=N1. The molecule has 0 N–H and O–H groups in total. The van der Waals surface area contributed by atoms with Crippen molar-refractivity contribution in [1.29, 1.82) is 0 Å². The first-order chi connectivity index (χ1) is 10.1. The van der Waals surface area contributed by atoms with Crippen molar-refractivity contribution in [3.05, 3.63) is 40.6 Å². The average Bonchev–Trinajstić information content (AvgIpc) is 2.52. The number of aliphatic imine (C=N–C) groups is 1. The zero-order valence-corrected chi connectivity index (χ0v) is 12.5. The first-order valence-corrected chi connectivity index (χ1v) is 7.12. The number of rotatable bonds is 6. The summed E-state index contributed by atoms with van der Waals surface area (Å²) in [5, 5.41) is 0.479. The fraction of sp³-hybridized carbons (Fsp3) is 0.312. The number of allylic oxidation sites excluding steroid dienone is 2. The van der Waals surface area contributed by atoms with Gasteiger partial charge in [0.15, 0.2) is 11.6 Å². The number of benzene rings is 1. The molecule has 2 rings (SSSR count). The predicted molar refractivity (Wildman–Crippen MR) is 82.2 cm³/mol. The lowest BCUT2D eigenvalue weighted by Gasteiger charge is -2.09. The van der Waals surface area contributed by atoms with Crippen LogP contribution in [0.2, 0.25) is 0 Å². The highest BCUT2D eigenvalue weighted by Gasteiger charge is 2.18. The van der Waals surface area contributed by atoms with Crippen LogP contribution in [0.15, 0.2) is 40.0 Å². The second-order valence-corrected chi connectivity index (χ2v) is 5.11. The lowest BCUT2D eigenvalue weighted by molar-refractivity contribution is -0.115. The topological polar surface area (TPSA) is 55.7 Å². The molecule has 0 aliphatic carbocycles. The summed E-state index contributed by atoms with van der Waals surface area (Å²) >= 11 is 6.00. The van der Waals surface area contributed by atoms with E-state index in [1.165, 1.54) is 7.11 Å². The summed E-state index contributed by atoms with van der Waals surface area (Å²) in [5.74, 6) is 0.194. The van der Waals surface area contributed by atoms with Gasteiger partial charge in [-0.05, 0) is 25.0 Å². The van der Waals surface area contributed by atoms with E-state index in [0.717, 1.165) is 6.42 Å². The van der Waals surface area contributed by atoms with E-state index < -0.39 is 0 Å². The smallest absolute Gasteiger partial charge is 0.182 e. The number of methoxy groups -OCH3 is 1. The molecule has 1 aromatic carbocycles. The van der Waals surface area contributed by atoms with Crippen LogP contribution in [0.5, 0.6) is 5.75 Å². The Morgan fingerprint density at radius 3 is 2.67 bits per heavy atom. The van der Waals surface area contributed by atoms with Gasteiger partial charge in [0.2, 0.25) is 0 Å². The van der Waals surface area contributed by atoms with Crippen molar-refractivity contribution in [2.45, 2.75) is 25.7 Å². The molecule has 0 fully saturated rings. The molecule has 0 aromatic heterocycles. The molecule has 21 heavy (non-hydrogen) atoms. The number of para-hydroxylation sites is 1. The van der Waals surface area contributed by atoms with Crippen LogP contribution in [0, 0.1) is 0 Å². The molecule has 5 heteroatoms. The number of hydrogen-bond donors (Lipinski definition) is 0. The lowest BCUT2D eigenvalue weighted by Crippen LogP contribution is -2.09. The highest BCUT2D eigenvalue weighted by Crippen LogP contribution is 2.24. The minimum absolute atomic E-state index is 0.0970. The zero-order chi connectivity index (χ0) is 15.2. The van der Waals surface area contributed by atoms with Crippen molar-refractivity contribution in [1.82, 2.24) is 0 Å². The molecule has 0 bridgehead atoms. The Balaban J connectivity index is 2.01. The van der Waals surface area contributed by atoms with Crippen molar-refractivity contribution in [3.8, 4) is 5.75 Å². The van der Waals surface area contributed by atoms with Crippen LogP contribution in [-0.4, -0.2) is 24.9 Å². The van der Waals surface area contributed by atoms with E-state index in [4.69, 9.17) is 16.3 Å². The lowest BCUT2D eigenvalue weighted by atomic mass is 10.0. The number of hydrogen-bond acceptors (Lipinski definition) is 4. The summed E-state index contributed by atoms with van der Waals surface area (Å²) in [6, 6.07) is 6.97. The maximum atomic E-state index is 12.2. The van der Waals surface area contributed by atoms with Gasteiger partial charge >= 0.3 is 0 Å². The molecule has 1 aromatic rings. The molecular weight excluding hydrogens is 290 g/mol. The molecule has 4 nitrogen and oxygen atoms in total. The Bertz CT molecular complexity index is 620. The molecule has 1 aliphatic rings. The molecule has 0 saturated heterocycles. The summed E-state index contributed by atoms with van der Waals surface area (Å²) in [6.07, 6.45) is 3.27. The van der Waals surface area contributed by atoms with E-state index in [2.05, 4.69) is 4.99 Å². The van der Waals surface area contributed by atoms with E-state index in [1.807, 2.05) is 0 Å². The largest absolute Gasteiger partial charge is 0.496 e. The quantitative estimate of drug-likeness (QED) is 0.755. The van der Waals surface area contributed by atoms with E-state index >= 15 is 0 Å². The number of halogens is 1. The number of ketones is 2. The van der Waals surface area contributed by atoms with Crippen molar-refractivity contribution in [3.63, 3.8) is 0 Å². The van der Waals surface area contributed by atoms with Gasteiger partial charge in [-0.2, -0.15) is 0 Å². The first kappa shape index (κ1) is 15.4. The van der Waals surface area contributed by atoms with Crippen LogP contribution in [0.3, 0.4) is 0 Å². The molecule has 0 spiro atoms. The van der Waals surface area contributed by atoms with Gasteiger partial charge in [-0.3, -0.25) is 14.6 Å². The van der Waals surface area contributed by atoms with E-state index in [9.17, 15) is 9.59 Å². The van der Waals surface area contributed by atoms with E-state index in [-0.39, 0.29) is 30.1 Å². The summed E-state index contributed by atoms with van der Waals surface area (Å²) in [4.78, 5) is 28.3. The zero-order valence-electron chi connectivity index (χ0n) is 11.8. The predicted octanol–water partition coefficient (Wildman–Crippen LogP) is 3.54. The molecule has 0 atom stereocenters. The van der Waals surface area contributed by atoms with Gasteiger partial charge in [0.05, 0.1) is 12.7 Å². The van der Waals surface area contributed by atoms with Gasteiger partial charge < -0.3 is 4.74 Å². The molecule has 110 valence electrons. The van der Waals surface area contributed by atoms with Crippen molar-refractivity contribution < 1.29 is 14.3 Å². The third kappa shape index (κ3) is 3.79. The van der Waals surface area contributed by atoms with E-state index in [1.54, 1.807) is 30.5 Å². The molecule has 0 amide bonds. The van der Waals surface area contributed by atoms with Crippen LogP contribution in [-0.2, 0) is 4.79 Å². The Kier molecular flexibility index (Phi) is 5.28. The number of nitrogens with zero attached hydrogens (tertiary/aromatic N) is 1. The van der Waals surface area contributed by atoms with Gasteiger partial charge in [0.1, 0.15) is 11.4 Å². The highest BCUT2D eigenvalue weighted by atomic mass is 35.5. The van der Waals surface area contributed by atoms with Crippen molar-refractivity contribution >= 4 is 29.4 Å². The first-order valence-electron chi connectivity index (χ1n) is 6.74. The fourth-order valence-corrected chi connectivity index (χ4v) is 2.38. The Morgan fingerprint density at radius 1 is 1.24 bits per heavy atom. The maximum absolute atomic E-state index is 12.2. The highest BCUT2D eigenvalue weighted by molar-refractivity contribution is 6.32. The summed E-state index contributed by atoms with van der Waals surface area (Å²) in [7, 11) is 1.51. The normalized spacial score (nSPS) is 14.2. The van der Waals surface area contributed by atoms with Gasteiger partial charge in [-0.1, -0.05) is 23.7 Å². The fourth-order valence-electron chi connectivity index (χ4n) is 2.11. The van der Waals surface area contributed by atoms with Crippen LogP contribution < -0.4 is 4.74 Å². The number of Topliss-reactive ketones (excluding diaryl/α,β-unsaturated/α-hetero) is 2. The van der Waals surface area contributed by atoms with Crippen LogP contribution >= 0.6 is 11.6 Å². The standard InChI is InChI=1S/C16H16ClNO3/c1-21-15-7-3-2-5-11(15)13(19)8-9-14(20)16-12(17)6-4-10-18-16/h2-3,5,7,10H,4,6,8-9H2,1H3. The van der Waals surface area contributed by atoms with Gasteiger partial charge in [-0.25, -0.2) is 0 Å². The van der Waals surface area contributed by atoms with Crippen molar-refractivity contribution in [2.75, 3.05) is 7.11 Å². The molecule has 1 aliphatic heterocycles. The van der Waals surface area contributed by atoms with Gasteiger partial charge in [0.25, 0.3) is 0 Å². The second kappa shape index (κ2) is 7.18. The van der Waals surface area contributed by atoms with Crippen molar-refractivity contribution in [2.24, 2.45) is 4.99 Å². The minimum Gasteiger partial charge on any atom is -0.496 e. The Morgan fingerprint density at radius 2 is 1.95 bits per heavy atom. The van der Waals surface area contributed by atoms with E-state index in [0.29, 0.717) is 22.8 Å². The number of carbonyl (C=O) groups is 2. The number of ether oxygens (including phenoxy) is 1. The Hall–Kier alpha value is -1.94. The van der Waals surface area contributed by atoms with Crippen LogP contribution in [0.25, 0.3) is 0 Å². The summed E-state index contributed by atoms with van der Waals surface area (Å²) in [6.45, 7) is 0. The summed E-state index contributed by atoms with van der Waals surface area (Å²) in [5.41, 5.74) is 0.774. The second-order valence-electron chi connectivity index (χ2n) is 4.65. The van der Waals surface area contributed by atoms with Crippen LogP contribution in [0.4, 0.5) is 0 Å². The molecule has 0 radical (unpaired) electrons. The summed E-state index contributed by atoms with van der Waals surface area (Å²) < 4.78 is 5.15. The third-order valence-electron chi connectivity index (χ3n) is 3.22. The molecule has 0 saturated carbocycles. The molecule has 0 unspecified atom stereocenters. The molecule has 1 heterocycles. The average molecular weight is 306 g/mol. The monoisotopic (exact) mass is 305 g/mol. The number of carbonyl (C=O) groups excluding carboxylic acids is 2. The minimum atomic E-state index is -0.195. The van der Waals surface area contributed by atoms with Gasteiger partial charge in [-0.15, -0.1) is 0 Å².